The molecule has 0 aliphatic heterocycles. The Bertz CT molecular complexity index is 508. The maximum Gasteiger partial charge on any atom is 0.119 e. The van der Waals surface area contributed by atoms with Crippen molar-refractivity contribution in [2.24, 2.45) is 0 Å². The van der Waals surface area contributed by atoms with Crippen LogP contribution < -0.4 is 10.1 Å². The van der Waals surface area contributed by atoms with Gasteiger partial charge in [0.2, 0.25) is 0 Å². The highest BCUT2D eigenvalue weighted by Crippen LogP contribution is 2.12. The van der Waals surface area contributed by atoms with E-state index in [2.05, 4.69) is 35.7 Å². The van der Waals surface area contributed by atoms with Crippen molar-refractivity contribution in [2.75, 3.05) is 13.2 Å². The monoisotopic (exact) mass is 259 g/mol. The largest absolute Gasteiger partial charge is 0.494 e. The van der Waals surface area contributed by atoms with Crippen molar-refractivity contribution in [3.8, 4) is 5.75 Å². The molecule has 2 aromatic rings. The summed E-state index contributed by atoms with van der Waals surface area (Å²) in [6.45, 7) is 7.39. The van der Waals surface area contributed by atoms with Gasteiger partial charge in [0.05, 0.1) is 19.3 Å². The van der Waals surface area contributed by atoms with Crippen LogP contribution in [0.15, 0.2) is 36.7 Å². The Hall–Kier alpha value is -1.81. The predicted molar refractivity (Wildman–Crippen MR) is 76.3 cm³/mol. The predicted octanol–water partition coefficient (Wildman–Crippen LogP) is 2.38. The molecule has 102 valence electrons. The first-order valence-corrected chi connectivity index (χ1v) is 6.69. The molecule has 0 spiro atoms. The number of hydrogen-bond donors (Lipinski definition) is 1. The highest BCUT2D eigenvalue weighted by atomic mass is 16.5. The van der Waals surface area contributed by atoms with Gasteiger partial charge in [0.25, 0.3) is 0 Å². The number of aryl methyl sites for hydroxylation is 1. The minimum absolute atomic E-state index is 0.704. The van der Waals surface area contributed by atoms with Crippen molar-refractivity contribution >= 4 is 0 Å². The molecule has 0 saturated heterocycles. The van der Waals surface area contributed by atoms with E-state index in [4.69, 9.17) is 4.74 Å². The molecule has 4 nitrogen and oxygen atoms in total. The molecule has 0 amide bonds. The van der Waals surface area contributed by atoms with E-state index in [1.807, 2.05) is 29.9 Å². The van der Waals surface area contributed by atoms with Crippen molar-refractivity contribution in [1.82, 2.24) is 15.1 Å². The SMILES string of the molecule is CCOc1cccc(CNCCn2cc(C)cn2)c1. The maximum atomic E-state index is 5.48. The van der Waals surface area contributed by atoms with E-state index < -0.39 is 0 Å². The van der Waals surface area contributed by atoms with Gasteiger partial charge in [-0.25, -0.2) is 0 Å². The Labute approximate surface area is 114 Å². The van der Waals surface area contributed by atoms with Crippen molar-refractivity contribution in [1.29, 1.82) is 0 Å². The Balaban J connectivity index is 1.74. The second-order valence-corrected chi connectivity index (χ2v) is 4.54. The van der Waals surface area contributed by atoms with E-state index in [-0.39, 0.29) is 0 Å². The standard InChI is InChI=1S/C15H21N3O/c1-3-19-15-6-4-5-14(9-15)11-16-7-8-18-12-13(2)10-17-18/h4-6,9-10,12,16H,3,7-8,11H2,1-2H3. The summed E-state index contributed by atoms with van der Waals surface area (Å²) in [5.74, 6) is 0.935. The highest BCUT2D eigenvalue weighted by molar-refractivity contribution is 5.28. The van der Waals surface area contributed by atoms with E-state index >= 15 is 0 Å². The zero-order valence-electron chi connectivity index (χ0n) is 11.6. The Morgan fingerprint density at radius 2 is 2.26 bits per heavy atom. The molecule has 0 atom stereocenters. The van der Waals surface area contributed by atoms with Crippen molar-refractivity contribution < 1.29 is 4.74 Å². The van der Waals surface area contributed by atoms with Crippen molar-refractivity contribution in [2.45, 2.75) is 26.9 Å². The van der Waals surface area contributed by atoms with Crippen LogP contribution in [0.25, 0.3) is 0 Å². The Morgan fingerprint density at radius 3 is 3.00 bits per heavy atom. The van der Waals surface area contributed by atoms with E-state index in [1.165, 1.54) is 11.1 Å². The van der Waals surface area contributed by atoms with Gasteiger partial charge >= 0.3 is 0 Å². The molecule has 2 rings (SSSR count). The van der Waals surface area contributed by atoms with Gasteiger partial charge in [-0.15, -0.1) is 0 Å². The summed E-state index contributed by atoms with van der Waals surface area (Å²) in [7, 11) is 0. The lowest BCUT2D eigenvalue weighted by atomic mass is 10.2. The van der Waals surface area contributed by atoms with Crippen LogP contribution in [0.4, 0.5) is 0 Å². The van der Waals surface area contributed by atoms with E-state index in [9.17, 15) is 0 Å². The molecule has 0 radical (unpaired) electrons. The lowest BCUT2D eigenvalue weighted by Crippen LogP contribution is -2.19. The molecule has 1 heterocycles. The third-order valence-corrected chi connectivity index (χ3v) is 2.82. The fourth-order valence-corrected chi connectivity index (χ4v) is 1.93. The molecule has 1 aromatic heterocycles. The van der Waals surface area contributed by atoms with E-state index in [1.54, 1.807) is 0 Å². The van der Waals surface area contributed by atoms with Gasteiger partial charge in [-0.1, -0.05) is 12.1 Å². The fourth-order valence-electron chi connectivity index (χ4n) is 1.93. The molecule has 0 unspecified atom stereocenters. The van der Waals surface area contributed by atoms with Gasteiger partial charge in [0.15, 0.2) is 0 Å². The Kier molecular flexibility index (Phi) is 4.98. The molecule has 4 heteroatoms. The smallest absolute Gasteiger partial charge is 0.119 e. The first-order chi connectivity index (χ1) is 9.28. The van der Waals surface area contributed by atoms with Crippen LogP contribution in [0.5, 0.6) is 5.75 Å². The maximum absolute atomic E-state index is 5.48. The number of benzene rings is 1. The molecule has 1 N–H and O–H groups in total. The van der Waals surface area contributed by atoms with Crippen molar-refractivity contribution in [3.05, 3.63) is 47.8 Å². The van der Waals surface area contributed by atoms with Crippen LogP contribution in [-0.4, -0.2) is 22.9 Å². The summed E-state index contributed by atoms with van der Waals surface area (Å²) < 4.78 is 7.44. The third-order valence-electron chi connectivity index (χ3n) is 2.82. The molecule has 19 heavy (non-hydrogen) atoms. The summed E-state index contributed by atoms with van der Waals surface area (Å²) in [6.07, 6.45) is 3.93. The fraction of sp³-hybridized carbons (Fsp3) is 0.400. The number of nitrogens with zero attached hydrogens (tertiary/aromatic N) is 2. The number of aromatic nitrogens is 2. The minimum Gasteiger partial charge on any atom is -0.494 e. The molecule has 0 aliphatic carbocycles. The first-order valence-electron chi connectivity index (χ1n) is 6.69. The highest BCUT2D eigenvalue weighted by Gasteiger charge is 1.97. The van der Waals surface area contributed by atoms with Gasteiger partial charge in [0, 0.05) is 19.3 Å². The molecule has 0 aliphatic rings. The quantitative estimate of drug-likeness (QED) is 0.776. The van der Waals surface area contributed by atoms with Crippen LogP contribution in [0, 0.1) is 6.92 Å². The minimum atomic E-state index is 0.704. The molecule has 1 aromatic carbocycles. The summed E-state index contributed by atoms with van der Waals surface area (Å²) in [5, 5.41) is 7.67. The zero-order valence-corrected chi connectivity index (χ0v) is 11.6. The lowest BCUT2D eigenvalue weighted by molar-refractivity contribution is 0.340. The summed E-state index contributed by atoms with van der Waals surface area (Å²) >= 11 is 0. The van der Waals surface area contributed by atoms with Gasteiger partial charge < -0.3 is 10.1 Å². The van der Waals surface area contributed by atoms with E-state index in [0.717, 1.165) is 25.4 Å². The van der Waals surface area contributed by atoms with E-state index in [0.29, 0.717) is 6.61 Å². The first kappa shape index (κ1) is 13.6. The summed E-state index contributed by atoms with van der Waals surface area (Å²) in [6, 6.07) is 8.19. The summed E-state index contributed by atoms with van der Waals surface area (Å²) in [5.41, 5.74) is 2.44. The molecule has 0 saturated carbocycles. The Morgan fingerprint density at radius 1 is 1.37 bits per heavy atom. The van der Waals surface area contributed by atoms with Gasteiger partial charge in [0.1, 0.15) is 5.75 Å². The second kappa shape index (κ2) is 6.95. The second-order valence-electron chi connectivity index (χ2n) is 4.54. The summed E-state index contributed by atoms with van der Waals surface area (Å²) in [4.78, 5) is 0. The topological polar surface area (TPSA) is 39.1 Å². The van der Waals surface area contributed by atoms with Crippen LogP contribution in [0.3, 0.4) is 0 Å². The van der Waals surface area contributed by atoms with Gasteiger partial charge in [-0.05, 0) is 37.1 Å². The van der Waals surface area contributed by atoms with Crippen molar-refractivity contribution in [3.63, 3.8) is 0 Å². The lowest BCUT2D eigenvalue weighted by Gasteiger charge is -2.07. The van der Waals surface area contributed by atoms with Crippen LogP contribution in [-0.2, 0) is 13.1 Å². The van der Waals surface area contributed by atoms with Crippen LogP contribution in [0.2, 0.25) is 0 Å². The number of rotatable bonds is 7. The average Bonchev–Trinajstić information content (AvgIpc) is 2.82. The number of nitrogens with one attached hydrogen (secondary N) is 1. The third kappa shape index (κ3) is 4.41. The molecule has 0 fully saturated rings. The van der Waals surface area contributed by atoms with Crippen LogP contribution >= 0.6 is 0 Å². The average molecular weight is 259 g/mol. The van der Waals surface area contributed by atoms with Gasteiger partial charge in [-0.2, -0.15) is 5.10 Å². The molecular formula is C15H21N3O. The molecule has 0 bridgehead atoms. The van der Waals surface area contributed by atoms with Gasteiger partial charge in [-0.3, -0.25) is 4.68 Å². The normalized spacial score (nSPS) is 10.6. The number of ether oxygens (including phenoxy) is 1. The molecular weight excluding hydrogens is 238 g/mol. The zero-order chi connectivity index (χ0) is 13.5. The van der Waals surface area contributed by atoms with Crippen LogP contribution in [0.1, 0.15) is 18.1 Å². The number of hydrogen-bond acceptors (Lipinski definition) is 3.